The topological polar surface area (TPSA) is 70.6 Å². The molecule has 1 atom stereocenters. The third-order valence-corrected chi connectivity index (χ3v) is 2.39. The summed E-state index contributed by atoms with van der Waals surface area (Å²) < 4.78 is 5.30. The van der Waals surface area contributed by atoms with E-state index in [-0.39, 0.29) is 17.9 Å². The highest BCUT2D eigenvalue weighted by Gasteiger charge is 2.24. The van der Waals surface area contributed by atoms with Crippen LogP contribution in [0.25, 0.3) is 0 Å². The summed E-state index contributed by atoms with van der Waals surface area (Å²) in [7, 11) is 0. The maximum Gasteiger partial charge on any atom is 0.250 e. The van der Waals surface area contributed by atoms with Crippen LogP contribution in [-0.2, 0) is 9.53 Å². The summed E-state index contributed by atoms with van der Waals surface area (Å²) in [4.78, 5) is 11.6. The van der Waals surface area contributed by atoms with E-state index in [1.54, 1.807) is 0 Å². The largest absolute Gasteiger partial charge is 0.396 e. The van der Waals surface area contributed by atoms with Crippen LogP contribution in [0.2, 0.25) is 0 Å². The number of ether oxygens (including phenoxy) is 1. The van der Waals surface area contributed by atoms with Gasteiger partial charge in [0.15, 0.2) is 0 Å². The maximum atomic E-state index is 11.6. The Morgan fingerprint density at radius 1 is 1.67 bits per heavy atom. The Morgan fingerprint density at radius 3 is 2.93 bits per heavy atom. The normalized spacial score (nSPS) is 22.5. The molecule has 15 heavy (non-hydrogen) atoms. The van der Waals surface area contributed by atoms with E-state index < -0.39 is 6.10 Å². The lowest BCUT2D eigenvalue weighted by atomic mass is 9.95. The predicted molar refractivity (Wildman–Crippen MR) is 56.5 cm³/mol. The van der Waals surface area contributed by atoms with Crippen molar-refractivity contribution < 1.29 is 14.6 Å². The second-order valence-electron chi connectivity index (χ2n) is 4.60. The van der Waals surface area contributed by atoms with E-state index in [1.165, 1.54) is 0 Å². The maximum absolute atomic E-state index is 11.6. The minimum Gasteiger partial charge on any atom is -0.396 e. The first kappa shape index (κ1) is 12.4. The molecule has 88 valence electrons. The molecule has 3 N–H and O–H groups in total. The Kier molecular flexibility index (Phi) is 4.50. The summed E-state index contributed by atoms with van der Waals surface area (Å²) in [6.07, 6.45) is -0.395. The summed E-state index contributed by atoms with van der Waals surface area (Å²) >= 11 is 0. The zero-order valence-electron chi connectivity index (χ0n) is 9.38. The first-order valence-corrected chi connectivity index (χ1v) is 5.26. The molecule has 0 bridgehead atoms. The van der Waals surface area contributed by atoms with E-state index >= 15 is 0 Å². The monoisotopic (exact) mass is 216 g/mol. The molecule has 0 aromatic heterocycles. The summed E-state index contributed by atoms with van der Waals surface area (Å²) in [6, 6.07) is 0. The van der Waals surface area contributed by atoms with Gasteiger partial charge in [0.1, 0.15) is 6.10 Å². The van der Waals surface area contributed by atoms with E-state index in [1.807, 2.05) is 13.8 Å². The van der Waals surface area contributed by atoms with Crippen molar-refractivity contribution in [1.29, 1.82) is 0 Å². The molecular formula is C10H20N2O3. The number of morpholine rings is 1. The van der Waals surface area contributed by atoms with Gasteiger partial charge in [-0.2, -0.15) is 0 Å². The standard InChI is InChI=1S/C10H20N2O3/c1-10(2,7-13)6-12-9(14)8-5-11-3-4-15-8/h8,11,13H,3-7H2,1-2H3,(H,12,14). The number of nitrogens with one attached hydrogen (secondary N) is 2. The van der Waals surface area contributed by atoms with E-state index in [0.717, 1.165) is 6.54 Å². The number of amides is 1. The smallest absolute Gasteiger partial charge is 0.250 e. The molecule has 0 aromatic rings. The minimum absolute atomic E-state index is 0.0526. The summed E-state index contributed by atoms with van der Waals surface area (Å²) in [5.41, 5.74) is -0.280. The summed E-state index contributed by atoms with van der Waals surface area (Å²) in [5.74, 6) is -0.108. The number of hydrogen-bond donors (Lipinski definition) is 3. The number of aliphatic hydroxyl groups excluding tert-OH is 1. The van der Waals surface area contributed by atoms with Crippen molar-refractivity contribution in [2.45, 2.75) is 20.0 Å². The van der Waals surface area contributed by atoms with Gasteiger partial charge in [-0.1, -0.05) is 13.8 Å². The van der Waals surface area contributed by atoms with E-state index in [0.29, 0.717) is 19.7 Å². The third kappa shape index (κ3) is 4.15. The van der Waals surface area contributed by atoms with Gasteiger partial charge in [0.2, 0.25) is 5.91 Å². The zero-order valence-corrected chi connectivity index (χ0v) is 9.38. The molecule has 5 nitrogen and oxygen atoms in total. The molecule has 0 saturated carbocycles. The molecule has 1 saturated heterocycles. The molecule has 1 aliphatic heterocycles. The summed E-state index contributed by atoms with van der Waals surface area (Å²) in [6.45, 7) is 6.23. The van der Waals surface area contributed by atoms with Crippen molar-refractivity contribution in [3.63, 3.8) is 0 Å². The first-order chi connectivity index (χ1) is 7.05. The van der Waals surface area contributed by atoms with Crippen molar-refractivity contribution >= 4 is 5.91 Å². The molecule has 0 radical (unpaired) electrons. The highest BCUT2D eigenvalue weighted by molar-refractivity contribution is 5.81. The van der Waals surface area contributed by atoms with Crippen molar-refractivity contribution in [2.24, 2.45) is 5.41 Å². The van der Waals surface area contributed by atoms with Gasteiger partial charge in [-0.15, -0.1) is 0 Å². The van der Waals surface area contributed by atoms with Crippen molar-refractivity contribution in [3.05, 3.63) is 0 Å². The fraction of sp³-hybridized carbons (Fsp3) is 0.900. The molecule has 1 rings (SSSR count). The highest BCUT2D eigenvalue weighted by atomic mass is 16.5. The second kappa shape index (κ2) is 5.44. The number of rotatable bonds is 4. The molecule has 0 aromatic carbocycles. The molecular weight excluding hydrogens is 196 g/mol. The lowest BCUT2D eigenvalue weighted by Crippen LogP contribution is -2.49. The fourth-order valence-electron chi connectivity index (χ4n) is 1.23. The summed E-state index contributed by atoms with van der Waals surface area (Å²) in [5, 5.41) is 14.9. The first-order valence-electron chi connectivity index (χ1n) is 5.26. The van der Waals surface area contributed by atoms with Gasteiger partial charge in [-0.3, -0.25) is 4.79 Å². The Hall–Kier alpha value is -0.650. The molecule has 0 spiro atoms. The van der Waals surface area contributed by atoms with Crippen LogP contribution in [0.4, 0.5) is 0 Å². The van der Waals surface area contributed by atoms with Crippen molar-refractivity contribution in [1.82, 2.24) is 10.6 Å². The minimum atomic E-state index is -0.395. The average Bonchev–Trinajstić information content (AvgIpc) is 2.27. The van der Waals surface area contributed by atoms with E-state index in [2.05, 4.69) is 10.6 Å². The van der Waals surface area contributed by atoms with Gasteiger partial charge in [-0.05, 0) is 0 Å². The van der Waals surface area contributed by atoms with Gasteiger partial charge >= 0.3 is 0 Å². The number of carbonyl (C=O) groups is 1. The van der Waals surface area contributed by atoms with Gasteiger partial charge in [0.05, 0.1) is 6.61 Å². The van der Waals surface area contributed by atoms with Crippen molar-refractivity contribution in [2.75, 3.05) is 32.8 Å². The Bertz CT molecular complexity index is 213. The number of hydrogen-bond acceptors (Lipinski definition) is 4. The van der Waals surface area contributed by atoms with Crippen LogP contribution in [0.15, 0.2) is 0 Å². The Labute approximate surface area is 90.2 Å². The molecule has 1 amide bonds. The van der Waals surface area contributed by atoms with Crippen LogP contribution in [0.1, 0.15) is 13.8 Å². The van der Waals surface area contributed by atoms with Gasteiger partial charge < -0.3 is 20.5 Å². The van der Waals surface area contributed by atoms with Crippen LogP contribution < -0.4 is 10.6 Å². The average molecular weight is 216 g/mol. The third-order valence-electron chi connectivity index (χ3n) is 2.39. The lowest BCUT2D eigenvalue weighted by molar-refractivity contribution is -0.134. The highest BCUT2D eigenvalue weighted by Crippen LogP contribution is 2.11. The second-order valence-corrected chi connectivity index (χ2v) is 4.60. The molecule has 1 unspecified atom stereocenters. The number of aliphatic hydroxyl groups is 1. The zero-order chi connectivity index (χ0) is 11.3. The van der Waals surface area contributed by atoms with Crippen LogP contribution >= 0.6 is 0 Å². The van der Waals surface area contributed by atoms with E-state index in [4.69, 9.17) is 9.84 Å². The molecule has 5 heteroatoms. The molecule has 1 heterocycles. The van der Waals surface area contributed by atoms with Crippen LogP contribution in [0, 0.1) is 5.41 Å². The molecule has 1 aliphatic rings. The fourth-order valence-corrected chi connectivity index (χ4v) is 1.23. The van der Waals surface area contributed by atoms with Gasteiger partial charge in [0.25, 0.3) is 0 Å². The number of carbonyl (C=O) groups excluding carboxylic acids is 1. The predicted octanol–water partition coefficient (Wildman–Crippen LogP) is -0.890. The van der Waals surface area contributed by atoms with Gasteiger partial charge in [-0.25, -0.2) is 0 Å². The molecule has 0 aliphatic carbocycles. The van der Waals surface area contributed by atoms with E-state index in [9.17, 15) is 4.79 Å². The van der Waals surface area contributed by atoms with Gasteiger partial charge in [0, 0.05) is 31.7 Å². The quantitative estimate of drug-likeness (QED) is 0.570. The Morgan fingerprint density at radius 2 is 2.40 bits per heavy atom. The van der Waals surface area contributed by atoms with Crippen LogP contribution in [0.3, 0.4) is 0 Å². The SMILES string of the molecule is CC(C)(CO)CNC(=O)C1CNCCO1. The Balaban J connectivity index is 2.28. The van der Waals surface area contributed by atoms with Crippen LogP contribution in [0.5, 0.6) is 0 Å². The molecule has 1 fully saturated rings. The lowest BCUT2D eigenvalue weighted by Gasteiger charge is -2.26. The van der Waals surface area contributed by atoms with Crippen LogP contribution in [-0.4, -0.2) is 50.0 Å². The van der Waals surface area contributed by atoms with Crippen molar-refractivity contribution in [3.8, 4) is 0 Å².